The SMILES string of the molecule is CC1(C)OC[C@H]([C@@H]2O[C@@H]2CCl)O1. The maximum Gasteiger partial charge on any atom is 0.163 e. The molecule has 3 atom stereocenters. The molecular weight excluding hydrogens is 180 g/mol. The van der Waals surface area contributed by atoms with E-state index in [9.17, 15) is 0 Å². The highest BCUT2D eigenvalue weighted by Crippen LogP contribution is 2.34. The van der Waals surface area contributed by atoms with Crippen LogP contribution >= 0.6 is 11.6 Å². The van der Waals surface area contributed by atoms with Gasteiger partial charge in [-0.25, -0.2) is 0 Å². The lowest BCUT2D eigenvalue weighted by atomic mass is 10.2. The molecule has 0 spiro atoms. The van der Waals surface area contributed by atoms with Gasteiger partial charge in [-0.15, -0.1) is 11.6 Å². The van der Waals surface area contributed by atoms with Gasteiger partial charge in [-0.05, 0) is 13.8 Å². The highest BCUT2D eigenvalue weighted by Gasteiger charge is 2.50. The third-order valence-corrected chi connectivity index (χ3v) is 2.47. The Bertz CT molecular complexity index is 183. The molecule has 0 N–H and O–H groups in total. The summed E-state index contributed by atoms with van der Waals surface area (Å²) in [6.45, 7) is 4.43. The van der Waals surface area contributed by atoms with Crippen molar-refractivity contribution in [3.63, 3.8) is 0 Å². The molecule has 4 heteroatoms. The summed E-state index contributed by atoms with van der Waals surface area (Å²) in [7, 11) is 0. The molecule has 3 nitrogen and oxygen atoms in total. The first-order chi connectivity index (χ1) is 5.62. The Balaban J connectivity index is 1.85. The zero-order valence-corrected chi connectivity index (χ0v) is 8.00. The molecule has 0 amide bonds. The molecule has 2 rings (SSSR count). The van der Waals surface area contributed by atoms with Crippen LogP contribution < -0.4 is 0 Å². The number of alkyl halides is 1. The number of hydrogen-bond acceptors (Lipinski definition) is 3. The molecule has 0 aromatic carbocycles. The van der Waals surface area contributed by atoms with Crippen molar-refractivity contribution in [1.82, 2.24) is 0 Å². The Morgan fingerprint density at radius 3 is 2.67 bits per heavy atom. The van der Waals surface area contributed by atoms with Crippen molar-refractivity contribution < 1.29 is 14.2 Å². The predicted molar refractivity (Wildman–Crippen MR) is 44.3 cm³/mol. The normalized spacial score (nSPS) is 44.8. The first-order valence-corrected chi connectivity index (χ1v) is 4.69. The van der Waals surface area contributed by atoms with Gasteiger partial charge in [-0.2, -0.15) is 0 Å². The first kappa shape index (κ1) is 8.75. The molecule has 2 aliphatic rings. The van der Waals surface area contributed by atoms with Crippen LogP contribution in [0.4, 0.5) is 0 Å². The van der Waals surface area contributed by atoms with Gasteiger partial charge in [0.15, 0.2) is 5.79 Å². The van der Waals surface area contributed by atoms with Crippen LogP contribution in [0.15, 0.2) is 0 Å². The molecule has 0 saturated carbocycles. The Labute approximate surface area is 76.9 Å². The minimum absolute atomic E-state index is 0.0729. The first-order valence-electron chi connectivity index (χ1n) is 4.15. The van der Waals surface area contributed by atoms with Crippen LogP contribution in [-0.2, 0) is 14.2 Å². The van der Waals surface area contributed by atoms with E-state index in [1.807, 2.05) is 13.8 Å². The van der Waals surface area contributed by atoms with Crippen LogP contribution in [0.25, 0.3) is 0 Å². The smallest absolute Gasteiger partial charge is 0.163 e. The van der Waals surface area contributed by atoms with Gasteiger partial charge in [0.2, 0.25) is 0 Å². The summed E-state index contributed by atoms with van der Waals surface area (Å²) in [6, 6.07) is 0. The van der Waals surface area contributed by atoms with Crippen LogP contribution in [0, 0.1) is 0 Å². The summed E-state index contributed by atoms with van der Waals surface area (Å²) in [5.74, 6) is 0.0957. The standard InChI is InChI=1S/C8H13ClO3/c1-8(2)10-4-6(12-8)7-5(3-9)11-7/h5-7H,3-4H2,1-2H3/t5-,6-,7-/m1/s1. The van der Waals surface area contributed by atoms with E-state index in [-0.39, 0.29) is 18.3 Å². The zero-order valence-electron chi connectivity index (χ0n) is 7.25. The molecule has 0 unspecified atom stereocenters. The Kier molecular flexibility index (Phi) is 2.07. The predicted octanol–water partition coefficient (Wildman–Crippen LogP) is 1.14. The van der Waals surface area contributed by atoms with E-state index >= 15 is 0 Å². The topological polar surface area (TPSA) is 31.0 Å². The lowest BCUT2D eigenvalue weighted by molar-refractivity contribution is -0.140. The molecule has 2 saturated heterocycles. The third kappa shape index (κ3) is 1.59. The lowest BCUT2D eigenvalue weighted by Gasteiger charge is -2.16. The number of epoxide rings is 1. The Morgan fingerprint density at radius 2 is 2.25 bits per heavy atom. The molecular formula is C8H13ClO3. The van der Waals surface area contributed by atoms with Crippen LogP contribution in [-0.4, -0.2) is 36.6 Å². The highest BCUT2D eigenvalue weighted by atomic mass is 35.5. The molecule has 2 aliphatic heterocycles. The lowest BCUT2D eigenvalue weighted by Crippen LogP contribution is -2.25. The second-order valence-corrected chi connectivity index (χ2v) is 3.97. The van der Waals surface area contributed by atoms with Crippen LogP contribution in [0.3, 0.4) is 0 Å². The van der Waals surface area contributed by atoms with Crippen LogP contribution in [0.2, 0.25) is 0 Å². The fraction of sp³-hybridized carbons (Fsp3) is 1.00. The fourth-order valence-corrected chi connectivity index (χ4v) is 1.73. The number of ether oxygens (including phenoxy) is 3. The summed E-state index contributed by atoms with van der Waals surface area (Å²) in [5, 5.41) is 0. The minimum Gasteiger partial charge on any atom is -0.365 e. The van der Waals surface area contributed by atoms with Crippen molar-refractivity contribution in [2.45, 2.75) is 37.9 Å². The monoisotopic (exact) mass is 192 g/mol. The Hall–Kier alpha value is 0.170. The maximum absolute atomic E-state index is 5.62. The number of halogens is 1. The van der Waals surface area contributed by atoms with Gasteiger partial charge in [-0.1, -0.05) is 0 Å². The number of hydrogen-bond donors (Lipinski definition) is 0. The van der Waals surface area contributed by atoms with E-state index < -0.39 is 5.79 Å². The average Bonchev–Trinajstić information content (AvgIpc) is 2.70. The van der Waals surface area contributed by atoms with Crippen molar-refractivity contribution >= 4 is 11.6 Å². The highest BCUT2D eigenvalue weighted by molar-refractivity contribution is 6.18. The molecule has 12 heavy (non-hydrogen) atoms. The minimum atomic E-state index is -0.451. The second kappa shape index (κ2) is 2.84. The van der Waals surface area contributed by atoms with Crippen molar-refractivity contribution in [3.05, 3.63) is 0 Å². The summed E-state index contributed by atoms with van der Waals surface area (Å²) in [6.07, 6.45) is 0.405. The maximum atomic E-state index is 5.62. The molecule has 0 bridgehead atoms. The molecule has 2 fully saturated rings. The van der Waals surface area contributed by atoms with Crippen molar-refractivity contribution in [2.75, 3.05) is 12.5 Å². The third-order valence-electron chi connectivity index (χ3n) is 2.17. The van der Waals surface area contributed by atoms with Crippen molar-refractivity contribution in [1.29, 1.82) is 0 Å². The quantitative estimate of drug-likeness (QED) is 0.486. The van der Waals surface area contributed by atoms with Gasteiger partial charge in [-0.3, -0.25) is 0 Å². The van der Waals surface area contributed by atoms with E-state index in [0.717, 1.165) is 0 Å². The van der Waals surface area contributed by atoms with E-state index in [0.29, 0.717) is 12.5 Å². The van der Waals surface area contributed by atoms with Gasteiger partial charge in [0.25, 0.3) is 0 Å². The number of rotatable bonds is 2. The summed E-state index contributed by atoms with van der Waals surface area (Å²) in [4.78, 5) is 0. The van der Waals surface area contributed by atoms with Crippen molar-refractivity contribution in [3.8, 4) is 0 Å². The molecule has 0 aliphatic carbocycles. The molecule has 2 heterocycles. The van der Waals surface area contributed by atoms with Gasteiger partial charge >= 0.3 is 0 Å². The van der Waals surface area contributed by atoms with Gasteiger partial charge in [0, 0.05) is 0 Å². The zero-order chi connectivity index (χ0) is 8.77. The summed E-state index contributed by atoms with van der Waals surface area (Å²) in [5.41, 5.74) is 0. The molecule has 0 aromatic rings. The summed E-state index contributed by atoms with van der Waals surface area (Å²) >= 11 is 5.62. The van der Waals surface area contributed by atoms with E-state index in [2.05, 4.69) is 0 Å². The van der Waals surface area contributed by atoms with Gasteiger partial charge in [0.1, 0.15) is 18.3 Å². The van der Waals surface area contributed by atoms with E-state index in [1.165, 1.54) is 0 Å². The fourth-order valence-electron chi connectivity index (χ4n) is 1.48. The largest absolute Gasteiger partial charge is 0.365 e. The average molecular weight is 193 g/mol. The molecule has 70 valence electrons. The summed E-state index contributed by atoms with van der Waals surface area (Å²) < 4.78 is 16.3. The van der Waals surface area contributed by atoms with Gasteiger partial charge < -0.3 is 14.2 Å². The van der Waals surface area contributed by atoms with Crippen LogP contribution in [0.1, 0.15) is 13.8 Å². The van der Waals surface area contributed by atoms with E-state index in [4.69, 9.17) is 25.8 Å². The second-order valence-electron chi connectivity index (χ2n) is 3.66. The van der Waals surface area contributed by atoms with Crippen LogP contribution in [0.5, 0.6) is 0 Å². The van der Waals surface area contributed by atoms with E-state index in [1.54, 1.807) is 0 Å². The Morgan fingerprint density at radius 1 is 1.50 bits per heavy atom. The molecule has 0 aromatic heterocycles. The van der Waals surface area contributed by atoms with Crippen molar-refractivity contribution in [2.24, 2.45) is 0 Å². The van der Waals surface area contributed by atoms with Gasteiger partial charge in [0.05, 0.1) is 12.5 Å². The molecule has 0 radical (unpaired) electrons.